The van der Waals surface area contributed by atoms with Crippen LogP contribution in [0.25, 0.3) is 0 Å². The number of alkyl halides is 3. The Bertz CT molecular complexity index is 1160. The number of aryl methyl sites for hydroxylation is 1. The third kappa shape index (κ3) is 7.77. The smallest absolute Gasteiger partial charge is 0.481 e. The van der Waals surface area contributed by atoms with Crippen LogP contribution in [0.1, 0.15) is 29.0 Å². The monoisotopic (exact) mass is 487 g/mol. The van der Waals surface area contributed by atoms with E-state index in [1.807, 2.05) is 66.7 Å². The molecule has 3 N–H and O–H groups in total. The lowest BCUT2D eigenvalue weighted by Gasteiger charge is -2.10. The summed E-state index contributed by atoms with van der Waals surface area (Å²) < 4.78 is 37.7. The summed E-state index contributed by atoms with van der Waals surface area (Å²) in [5, 5.41) is 19.6. The van der Waals surface area contributed by atoms with Gasteiger partial charge < -0.3 is 20.3 Å². The lowest BCUT2D eigenvalue weighted by molar-refractivity contribution is -0.192. The standard InChI is InChI=1S/C24H23NO3.C2HF3O2/c1-16-5-11-20(12-6-16)28-21-4-2-3-17(13-21)15-25-19-9-7-18(8-10-19)22-14-23(22)24(26)27;3-2(4,5)1(6)7/h2-13,22-23,25H,14-15H2,1H3,(H,26,27);(H,6,7)/t22?,23-;/m0./s1. The number of nitrogens with one attached hydrogen (secondary N) is 1. The molecule has 35 heavy (non-hydrogen) atoms. The minimum atomic E-state index is -5.08. The number of benzene rings is 3. The van der Waals surface area contributed by atoms with E-state index >= 15 is 0 Å². The highest BCUT2D eigenvalue weighted by atomic mass is 19.4. The molecule has 0 aliphatic heterocycles. The molecule has 1 unspecified atom stereocenters. The van der Waals surface area contributed by atoms with Crippen molar-refractivity contribution in [3.8, 4) is 11.5 Å². The molecule has 3 aromatic carbocycles. The summed E-state index contributed by atoms with van der Waals surface area (Å²) >= 11 is 0. The normalized spacial score (nSPS) is 16.5. The SMILES string of the molecule is Cc1ccc(Oc2cccc(CNc3ccc(C4C[C@@H]4C(=O)O)cc3)c2)cc1.O=C(O)C(F)(F)F. The van der Waals surface area contributed by atoms with Crippen LogP contribution >= 0.6 is 0 Å². The van der Waals surface area contributed by atoms with E-state index in [0.717, 1.165) is 34.7 Å². The van der Waals surface area contributed by atoms with Crippen molar-refractivity contribution in [3.63, 3.8) is 0 Å². The van der Waals surface area contributed by atoms with Crippen molar-refractivity contribution in [2.24, 2.45) is 5.92 Å². The largest absolute Gasteiger partial charge is 0.490 e. The number of anilines is 1. The molecule has 9 heteroatoms. The Kier molecular flexibility index (Phi) is 8.01. The zero-order valence-electron chi connectivity index (χ0n) is 18.8. The van der Waals surface area contributed by atoms with Crippen LogP contribution in [0.15, 0.2) is 72.8 Å². The molecule has 0 heterocycles. The third-order valence-corrected chi connectivity index (χ3v) is 5.34. The van der Waals surface area contributed by atoms with E-state index < -0.39 is 18.1 Å². The van der Waals surface area contributed by atoms with Crippen LogP contribution in [-0.4, -0.2) is 28.3 Å². The van der Waals surface area contributed by atoms with Crippen molar-refractivity contribution in [2.75, 3.05) is 5.32 Å². The lowest BCUT2D eigenvalue weighted by atomic mass is 10.1. The van der Waals surface area contributed by atoms with E-state index in [1.165, 1.54) is 5.56 Å². The second-order valence-corrected chi connectivity index (χ2v) is 8.13. The average molecular weight is 487 g/mol. The molecular formula is C26H24F3NO5. The minimum Gasteiger partial charge on any atom is -0.481 e. The van der Waals surface area contributed by atoms with Crippen molar-refractivity contribution in [3.05, 3.63) is 89.5 Å². The fourth-order valence-electron chi connectivity index (χ4n) is 3.35. The van der Waals surface area contributed by atoms with Gasteiger partial charge in [-0.2, -0.15) is 13.2 Å². The second-order valence-electron chi connectivity index (χ2n) is 8.13. The number of carbonyl (C=O) groups is 2. The Balaban J connectivity index is 0.000000429. The molecule has 2 atom stereocenters. The van der Waals surface area contributed by atoms with E-state index in [9.17, 15) is 18.0 Å². The number of halogens is 3. The Morgan fingerprint density at radius 3 is 2.14 bits per heavy atom. The van der Waals surface area contributed by atoms with Crippen LogP contribution in [0.5, 0.6) is 11.5 Å². The fourth-order valence-corrected chi connectivity index (χ4v) is 3.35. The van der Waals surface area contributed by atoms with Gasteiger partial charge >= 0.3 is 18.1 Å². The summed E-state index contributed by atoms with van der Waals surface area (Å²) in [6, 6.07) is 24.1. The summed E-state index contributed by atoms with van der Waals surface area (Å²) in [4.78, 5) is 19.9. The maximum atomic E-state index is 11.0. The van der Waals surface area contributed by atoms with Gasteiger partial charge in [-0.3, -0.25) is 4.79 Å². The van der Waals surface area contributed by atoms with Gasteiger partial charge in [0.15, 0.2) is 0 Å². The Hall–Kier alpha value is -4.01. The highest BCUT2D eigenvalue weighted by Gasteiger charge is 2.44. The van der Waals surface area contributed by atoms with Crippen LogP contribution in [0.2, 0.25) is 0 Å². The van der Waals surface area contributed by atoms with E-state index in [0.29, 0.717) is 6.54 Å². The van der Waals surface area contributed by atoms with Gasteiger partial charge in [-0.1, -0.05) is 42.0 Å². The van der Waals surface area contributed by atoms with Gasteiger partial charge in [0, 0.05) is 12.2 Å². The van der Waals surface area contributed by atoms with Crippen LogP contribution in [-0.2, 0) is 16.1 Å². The highest BCUT2D eigenvalue weighted by molar-refractivity contribution is 5.75. The zero-order valence-corrected chi connectivity index (χ0v) is 18.8. The molecule has 1 aliphatic carbocycles. The molecule has 0 spiro atoms. The quantitative estimate of drug-likeness (QED) is 0.366. The topological polar surface area (TPSA) is 95.9 Å². The molecule has 1 fully saturated rings. The second kappa shape index (κ2) is 10.9. The maximum absolute atomic E-state index is 11.0. The molecule has 0 bridgehead atoms. The van der Waals surface area contributed by atoms with Crippen LogP contribution in [0.4, 0.5) is 18.9 Å². The molecule has 0 aromatic heterocycles. The van der Waals surface area contributed by atoms with Crippen molar-refractivity contribution in [1.29, 1.82) is 0 Å². The molecule has 0 amide bonds. The summed E-state index contributed by atoms with van der Waals surface area (Å²) in [6.45, 7) is 2.74. The molecule has 1 saturated carbocycles. The van der Waals surface area contributed by atoms with Gasteiger partial charge in [-0.15, -0.1) is 0 Å². The van der Waals surface area contributed by atoms with E-state index in [4.69, 9.17) is 19.7 Å². The molecule has 3 aromatic rings. The van der Waals surface area contributed by atoms with E-state index in [2.05, 4.69) is 18.3 Å². The van der Waals surface area contributed by atoms with Crippen LogP contribution in [0.3, 0.4) is 0 Å². The lowest BCUT2D eigenvalue weighted by Crippen LogP contribution is -2.21. The summed E-state index contributed by atoms with van der Waals surface area (Å²) in [5.74, 6) is -1.86. The van der Waals surface area contributed by atoms with Gasteiger partial charge in [0.2, 0.25) is 0 Å². The maximum Gasteiger partial charge on any atom is 0.490 e. The van der Waals surface area contributed by atoms with Gasteiger partial charge in [0.05, 0.1) is 5.92 Å². The molecule has 0 radical (unpaired) electrons. The van der Waals surface area contributed by atoms with E-state index in [-0.39, 0.29) is 11.8 Å². The van der Waals surface area contributed by atoms with Gasteiger partial charge in [-0.25, -0.2) is 4.79 Å². The summed E-state index contributed by atoms with van der Waals surface area (Å²) in [6.07, 6.45) is -4.34. The van der Waals surface area contributed by atoms with Gasteiger partial charge in [0.1, 0.15) is 11.5 Å². The first-order chi connectivity index (χ1) is 16.5. The number of carboxylic acids is 2. The minimum absolute atomic E-state index is 0.169. The Morgan fingerprint density at radius 1 is 0.971 bits per heavy atom. The molecule has 184 valence electrons. The molecular weight excluding hydrogens is 463 g/mol. The number of rotatable bonds is 7. The Morgan fingerprint density at radius 2 is 1.60 bits per heavy atom. The predicted octanol–water partition coefficient (Wildman–Crippen LogP) is 6.22. The number of hydrogen-bond donors (Lipinski definition) is 3. The Labute approximate surface area is 200 Å². The number of hydrogen-bond acceptors (Lipinski definition) is 4. The van der Waals surface area contributed by atoms with Crippen molar-refractivity contribution >= 4 is 17.6 Å². The van der Waals surface area contributed by atoms with Gasteiger partial charge in [0.25, 0.3) is 0 Å². The van der Waals surface area contributed by atoms with Crippen LogP contribution in [0, 0.1) is 12.8 Å². The fraction of sp³-hybridized carbons (Fsp3) is 0.231. The van der Waals surface area contributed by atoms with Crippen molar-refractivity contribution < 1.29 is 37.7 Å². The summed E-state index contributed by atoms with van der Waals surface area (Å²) in [5.41, 5.74) is 4.45. The average Bonchev–Trinajstić information content (AvgIpc) is 3.61. The van der Waals surface area contributed by atoms with E-state index in [1.54, 1.807) is 0 Å². The van der Waals surface area contributed by atoms with Crippen molar-refractivity contribution in [1.82, 2.24) is 0 Å². The molecule has 4 rings (SSSR count). The van der Waals surface area contributed by atoms with Crippen molar-refractivity contribution in [2.45, 2.75) is 32.0 Å². The first kappa shape index (κ1) is 25.6. The third-order valence-electron chi connectivity index (χ3n) is 5.34. The number of ether oxygens (including phenoxy) is 1. The molecule has 6 nitrogen and oxygen atoms in total. The zero-order chi connectivity index (χ0) is 25.6. The molecule has 1 aliphatic rings. The molecule has 0 saturated heterocycles. The summed E-state index contributed by atoms with van der Waals surface area (Å²) in [7, 11) is 0. The van der Waals surface area contributed by atoms with Crippen LogP contribution < -0.4 is 10.1 Å². The first-order valence-corrected chi connectivity index (χ1v) is 10.7. The first-order valence-electron chi connectivity index (χ1n) is 10.7. The highest BCUT2D eigenvalue weighted by Crippen LogP contribution is 2.47. The number of aliphatic carboxylic acids is 2. The number of carboxylic acid groups (broad SMARTS) is 2. The predicted molar refractivity (Wildman–Crippen MR) is 124 cm³/mol. The van der Waals surface area contributed by atoms with Gasteiger partial charge in [-0.05, 0) is 66.8 Å².